The summed E-state index contributed by atoms with van der Waals surface area (Å²) in [5.41, 5.74) is 17.2. The summed E-state index contributed by atoms with van der Waals surface area (Å²) in [5, 5.41) is 0. The maximum absolute atomic E-state index is 6.10. The first kappa shape index (κ1) is 17.5. The van der Waals surface area contributed by atoms with Crippen LogP contribution in [0.3, 0.4) is 0 Å². The van der Waals surface area contributed by atoms with Crippen LogP contribution in [-0.2, 0) is 10.8 Å². The number of nitrogen functional groups attached to an aromatic ring is 2. The molecule has 1 aliphatic rings. The van der Waals surface area contributed by atoms with Gasteiger partial charge in [0, 0.05) is 16.8 Å². The minimum Gasteiger partial charge on any atom is -0.457 e. The van der Waals surface area contributed by atoms with Crippen molar-refractivity contribution < 1.29 is 4.74 Å². The van der Waals surface area contributed by atoms with Crippen LogP contribution >= 0.6 is 0 Å². The standard InChI is InChI=1S/C24H26N2O/c1-23(2)15-24(3,16-4-6-17(25)7-5-16)22-14-20(12-13-21(22)23)27-19-10-8-18(26)9-11-19/h4-14H,15,25-26H2,1-3H3. The van der Waals surface area contributed by atoms with E-state index in [4.69, 9.17) is 16.2 Å². The molecule has 27 heavy (non-hydrogen) atoms. The average molecular weight is 358 g/mol. The van der Waals surface area contributed by atoms with E-state index in [1.807, 2.05) is 36.4 Å². The first-order valence-electron chi connectivity index (χ1n) is 9.32. The molecule has 0 aliphatic heterocycles. The summed E-state index contributed by atoms with van der Waals surface area (Å²) >= 11 is 0. The molecule has 1 atom stereocenters. The molecule has 138 valence electrons. The van der Waals surface area contributed by atoms with Crippen LogP contribution in [-0.4, -0.2) is 0 Å². The van der Waals surface area contributed by atoms with Gasteiger partial charge in [-0.25, -0.2) is 0 Å². The van der Waals surface area contributed by atoms with E-state index in [-0.39, 0.29) is 10.8 Å². The van der Waals surface area contributed by atoms with Gasteiger partial charge in [0.25, 0.3) is 0 Å². The fourth-order valence-corrected chi connectivity index (χ4v) is 4.49. The summed E-state index contributed by atoms with van der Waals surface area (Å²) in [7, 11) is 0. The molecule has 0 bridgehead atoms. The number of ether oxygens (including phenoxy) is 1. The number of anilines is 2. The SMILES string of the molecule is CC1(C)CC(C)(c2ccc(N)cc2)c2cc(Oc3ccc(N)cc3)ccc21. The van der Waals surface area contributed by atoms with E-state index >= 15 is 0 Å². The predicted molar refractivity (Wildman–Crippen MR) is 112 cm³/mol. The molecule has 0 fully saturated rings. The van der Waals surface area contributed by atoms with Gasteiger partial charge in [-0.2, -0.15) is 0 Å². The van der Waals surface area contributed by atoms with Gasteiger partial charge in [0.15, 0.2) is 0 Å². The smallest absolute Gasteiger partial charge is 0.127 e. The van der Waals surface area contributed by atoms with Gasteiger partial charge in [-0.15, -0.1) is 0 Å². The predicted octanol–water partition coefficient (Wildman–Crippen LogP) is 5.63. The maximum Gasteiger partial charge on any atom is 0.127 e. The average Bonchev–Trinajstić information content (AvgIpc) is 2.84. The molecule has 0 saturated heterocycles. The van der Waals surface area contributed by atoms with E-state index < -0.39 is 0 Å². The number of hydrogen-bond donors (Lipinski definition) is 2. The Morgan fingerprint density at radius 1 is 0.704 bits per heavy atom. The Labute approximate surface area is 161 Å². The minimum absolute atomic E-state index is 0.0764. The normalized spacial score (nSPS) is 20.3. The van der Waals surface area contributed by atoms with E-state index in [0.29, 0.717) is 0 Å². The zero-order valence-corrected chi connectivity index (χ0v) is 16.1. The van der Waals surface area contributed by atoms with Crippen molar-refractivity contribution in [3.05, 3.63) is 83.4 Å². The highest BCUT2D eigenvalue weighted by Gasteiger charge is 2.45. The second kappa shape index (κ2) is 6.05. The van der Waals surface area contributed by atoms with Gasteiger partial charge in [-0.1, -0.05) is 39.0 Å². The molecule has 1 unspecified atom stereocenters. The van der Waals surface area contributed by atoms with E-state index in [2.05, 4.69) is 51.1 Å². The van der Waals surface area contributed by atoms with Crippen molar-refractivity contribution in [3.63, 3.8) is 0 Å². The van der Waals surface area contributed by atoms with E-state index in [0.717, 1.165) is 29.3 Å². The van der Waals surface area contributed by atoms with Crippen LogP contribution in [0, 0.1) is 0 Å². The molecule has 3 nitrogen and oxygen atoms in total. The van der Waals surface area contributed by atoms with Crippen LogP contribution < -0.4 is 16.2 Å². The van der Waals surface area contributed by atoms with Crippen molar-refractivity contribution in [3.8, 4) is 11.5 Å². The highest BCUT2D eigenvalue weighted by molar-refractivity contribution is 5.56. The topological polar surface area (TPSA) is 61.3 Å². The minimum atomic E-state index is -0.0764. The molecule has 3 heteroatoms. The number of nitrogens with two attached hydrogens (primary N) is 2. The van der Waals surface area contributed by atoms with Gasteiger partial charge < -0.3 is 16.2 Å². The highest BCUT2D eigenvalue weighted by Crippen LogP contribution is 2.53. The third-order valence-electron chi connectivity index (χ3n) is 5.77. The zero-order chi connectivity index (χ0) is 19.2. The molecular weight excluding hydrogens is 332 g/mol. The Kier molecular flexibility index (Phi) is 3.92. The van der Waals surface area contributed by atoms with Crippen molar-refractivity contribution in [1.29, 1.82) is 0 Å². The molecule has 4 rings (SSSR count). The molecule has 3 aromatic carbocycles. The number of fused-ring (bicyclic) bond motifs is 1. The fourth-order valence-electron chi connectivity index (χ4n) is 4.49. The molecule has 0 heterocycles. The van der Waals surface area contributed by atoms with Crippen LogP contribution in [0.2, 0.25) is 0 Å². The Morgan fingerprint density at radius 3 is 1.89 bits per heavy atom. The second-order valence-electron chi connectivity index (χ2n) is 8.39. The lowest BCUT2D eigenvalue weighted by Gasteiger charge is -2.28. The van der Waals surface area contributed by atoms with Gasteiger partial charge in [-0.3, -0.25) is 0 Å². The highest BCUT2D eigenvalue weighted by atomic mass is 16.5. The van der Waals surface area contributed by atoms with Crippen molar-refractivity contribution in [2.24, 2.45) is 0 Å². The Hall–Kier alpha value is -2.94. The third-order valence-corrected chi connectivity index (χ3v) is 5.77. The summed E-state index contributed by atoms with van der Waals surface area (Å²) < 4.78 is 6.10. The Morgan fingerprint density at radius 2 is 1.26 bits per heavy atom. The van der Waals surface area contributed by atoms with E-state index in [1.54, 1.807) is 0 Å². The molecule has 1 aliphatic carbocycles. The van der Waals surface area contributed by atoms with Crippen LogP contribution in [0.5, 0.6) is 11.5 Å². The second-order valence-corrected chi connectivity index (χ2v) is 8.39. The van der Waals surface area contributed by atoms with Gasteiger partial charge in [0.1, 0.15) is 11.5 Å². The van der Waals surface area contributed by atoms with Gasteiger partial charge in [0.05, 0.1) is 0 Å². The monoisotopic (exact) mass is 358 g/mol. The summed E-state index contributed by atoms with van der Waals surface area (Å²) in [4.78, 5) is 0. The molecule has 0 amide bonds. The first-order valence-corrected chi connectivity index (χ1v) is 9.32. The number of hydrogen-bond acceptors (Lipinski definition) is 3. The molecule has 0 saturated carbocycles. The zero-order valence-electron chi connectivity index (χ0n) is 16.1. The van der Waals surface area contributed by atoms with Crippen LogP contribution in [0.1, 0.15) is 43.9 Å². The van der Waals surface area contributed by atoms with E-state index in [1.165, 1.54) is 16.7 Å². The molecule has 0 spiro atoms. The van der Waals surface area contributed by atoms with Crippen molar-refractivity contribution in [2.75, 3.05) is 11.5 Å². The maximum atomic E-state index is 6.10. The molecule has 0 radical (unpaired) electrons. The summed E-state index contributed by atoms with van der Waals surface area (Å²) in [6, 6.07) is 22.2. The quantitative estimate of drug-likeness (QED) is 0.596. The van der Waals surface area contributed by atoms with Crippen LogP contribution in [0.15, 0.2) is 66.7 Å². The lowest BCUT2D eigenvalue weighted by molar-refractivity contribution is 0.424. The van der Waals surface area contributed by atoms with Gasteiger partial charge in [0.2, 0.25) is 0 Å². The number of benzene rings is 3. The van der Waals surface area contributed by atoms with Gasteiger partial charge in [-0.05, 0) is 77.1 Å². The molecule has 0 aromatic heterocycles. The third kappa shape index (κ3) is 3.03. The van der Waals surface area contributed by atoms with Crippen LogP contribution in [0.4, 0.5) is 11.4 Å². The molecular formula is C24H26N2O. The van der Waals surface area contributed by atoms with Crippen molar-refractivity contribution in [2.45, 2.75) is 38.0 Å². The first-order chi connectivity index (χ1) is 12.8. The molecule has 3 aromatic rings. The Balaban J connectivity index is 1.77. The fraction of sp³-hybridized carbons (Fsp3) is 0.250. The largest absolute Gasteiger partial charge is 0.457 e. The lowest BCUT2D eigenvalue weighted by Crippen LogP contribution is -2.23. The van der Waals surface area contributed by atoms with Crippen molar-refractivity contribution in [1.82, 2.24) is 0 Å². The van der Waals surface area contributed by atoms with Crippen LogP contribution in [0.25, 0.3) is 0 Å². The van der Waals surface area contributed by atoms with Gasteiger partial charge >= 0.3 is 0 Å². The summed E-state index contributed by atoms with van der Waals surface area (Å²) in [6.45, 7) is 6.95. The van der Waals surface area contributed by atoms with Crippen molar-refractivity contribution >= 4 is 11.4 Å². The Bertz CT molecular complexity index is 974. The number of rotatable bonds is 3. The molecule has 4 N–H and O–H groups in total. The lowest BCUT2D eigenvalue weighted by atomic mass is 9.75. The summed E-state index contributed by atoms with van der Waals surface area (Å²) in [6.07, 6.45) is 1.05. The summed E-state index contributed by atoms with van der Waals surface area (Å²) in [5.74, 6) is 1.63. The van der Waals surface area contributed by atoms with E-state index in [9.17, 15) is 0 Å².